The van der Waals surface area contributed by atoms with Gasteiger partial charge in [-0.05, 0) is 24.6 Å². The van der Waals surface area contributed by atoms with Crippen molar-refractivity contribution in [2.45, 2.75) is 16.9 Å². The van der Waals surface area contributed by atoms with Crippen molar-refractivity contribution in [1.29, 1.82) is 0 Å². The monoisotopic (exact) mass is 306 g/mol. The number of carboxylic acids is 1. The van der Waals surface area contributed by atoms with Crippen LogP contribution in [0.15, 0.2) is 23.1 Å². The van der Waals surface area contributed by atoms with Gasteiger partial charge < -0.3 is 10.8 Å². The molecule has 110 valence electrons. The SMILES string of the molecule is NC1(C(=O)O)CCN(S(=O)(=O)c2ccc(F)c(F)c2)C1. The number of nitrogens with zero attached hydrogens (tertiary/aromatic N) is 1. The second-order valence-corrected chi connectivity index (χ2v) is 6.56. The first-order chi connectivity index (χ1) is 9.17. The van der Waals surface area contributed by atoms with E-state index in [-0.39, 0.29) is 13.0 Å². The lowest BCUT2D eigenvalue weighted by Gasteiger charge is -2.20. The van der Waals surface area contributed by atoms with Gasteiger partial charge in [-0.15, -0.1) is 0 Å². The Hall–Kier alpha value is -1.58. The first kappa shape index (κ1) is 14.8. The number of hydrogen-bond donors (Lipinski definition) is 2. The Bertz CT molecular complexity index is 664. The summed E-state index contributed by atoms with van der Waals surface area (Å²) in [4.78, 5) is 10.5. The van der Waals surface area contributed by atoms with Crippen LogP contribution in [0.5, 0.6) is 0 Å². The molecule has 0 bridgehead atoms. The minimum atomic E-state index is -4.10. The van der Waals surface area contributed by atoms with Gasteiger partial charge in [0.05, 0.1) is 4.90 Å². The molecule has 0 spiro atoms. The van der Waals surface area contributed by atoms with Gasteiger partial charge in [-0.1, -0.05) is 0 Å². The first-order valence-electron chi connectivity index (χ1n) is 5.64. The van der Waals surface area contributed by atoms with Gasteiger partial charge in [0.1, 0.15) is 5.54 Å². The van der Waals surface area contributed by atoms with Crippen molar-refractivity contribution >= 4 is 16.0 Å². The molecule has 0 aromatic heterocycles. The highest BCUT2D eigenvalue weighted by molar-refractivity contribution is 7.89. The molecule has 0 radical (unpaired) electrons. The lowest BCUT2D eigenvalue weighted by molar-refractivity contribution is -0.142. The average Bonchev–Trinajstić information content (AvgIpc) is 2.77. The predicted molar refractivity (Wildman–Crippen MR) is 64.3 cm³/mol. The maximum atomic E-state index is 13.1. The minimum Gasteiger partial charge on any atom is -0.480 e. The van der Waals surface area contributed by atoms with Crippen LogP contribution in [-0.2, 0) is 14.8 Å². The molecule has 1 saturated heterocycles. The maximum Gasteiger partial charge on any atom is 0.325 e. The van der Waals surface area contributed by atoms with Crippen molar-refractivity contribution in [2.75, 3.05) is 13.1 Å². The number of carboxylic acid groups (broad SMARTS) is 1. The van der Waals surface area contributed by atoms with E-state index in [9.17, 15) is 22.0 Å². The van der Waals surface area contributed by atoms with Gasteiger partial charge in [-0.2, -0.15) is 4.31 Å². The zero-order valence-electron chi connectivity index (χ0n) is 10.2. The lowest BCUT2D eigenvalue weighted by Crippen LogP contribution is -2.50. The number of benzene rings is 1. The van der Waals surface area contributed by atoms with Crippen molar-refractivity contribution in [3.8, 4) is 0 Å². The third-order valence-corrected chi connectivity index (χ3v) is 5.06. The summed E-state index contributed by atoms with van der Waals surface area (Å²) in [6.45, 7) is -0.506. The third-order valence-electron chi connectivity index (χ3n) is 3.22. The van der Waals surface area contributed by atoms with Gasteiger partial charge in [0.15, 0.2) is 11.6 Å². The number of nitrogens with two attached hydrogens (primary N) is 1. The molecule has 1 atom stereocenters. The number of hydrogen-bond acceptors (Lipinski definition) is 4. The van der Waals surface area contributed by atoms with E-state index in [1.807, 2.05) is 0 Å². The van der Waals surface area contributed by atoms with Gasteiger partial charge in [-0.3, -0.25) is 4.79 Å². The van der Waals surface area contributed by atoms with Crippen LogP contribution in [0, 0.1) is 11.6 Å². The lowest BCUT2D eigenvalue weighted by atomic mass is 10.0. The van der Waals surface area contributed by atoms with Gasteiger partial charge in [0.25, 0.3) is 0 Å². The van der Waals surface area contributed by atoms with Gasteiger partial charge in [-0.25, -0.2) is 17.2 Å². The van der Waals surface area contributed by atoms with Crippen LogP contribution in [0.4, 0.5) is 8.78 Å². The number of sulfonamides is 1. The van der Waals surface area contributed by atoms with Crippen LogP contribution in [0.2, 0.25) is 0 Å². The Morgan fingerprint density at radius 3 is 2.50 bits per heavy atom. The fourth-order valence-corrected chi connectivity index (χ4v) is 3.49. The normalized spacial score (nSPS) is 23.9. The number of halogens is 2. The molecule has 2 rings (SSSR count). The highest BCUT2D eigenvalue weighted by Crippen LogP contribution is 2.26. The minimum absolute atomic E-state index is 0.0504. The molecule has 6 nitrogen and oxygen atoms in total. The zero-order chi connectivity index (χ0) is 15.1. The van der Waals surface area contributed by atoms with Crippen LogP contribution in [0.3, 0.4) is 0 Å². The Balaban J connectivity index is 2.33. The molecule has 3 N–H and O–H groups in total. The van der Waals surface area contributed by atoms with Crippen LogP contribution < -0.4 is 5.73 Å². The van der Waals surface area contributed by atoms with E-state index in [1.54, 1.807) is 0 Å². The molecule has 1 unspecified atom stereocenters. The summed E-state index contributed by atoms with van der Waals surface area (Å²) in [7, 11) is -4.10. The van der Waals surface area contributed by atoms with E-state index in [0.29, 0.717) is 12.1 Å². The molecule has 1 aliphatic rings. The van der Waals surface area contributed by atoms with Crippen LogP contribution in [-0.4, -0.2) is 42.4 Å². The molecule has 1 fully saturated rings. The van der Waals surface area contributed by atoms with Gasteiger partial charge in [0.2, 0.25) is 10.0 Å². The summed E-state index contributed by atoms with van der Waals surface area (Å²) in [5.41, 5.74) is 3.92. The number of aliphatic carboxylic acids is 1. The summed E-state index contributed by atoms with van der Waals surface area (Å²) in [6.07, 6.45) is -0.0504. The molecule has 1 aliphatic heterocycles. The van der Waals surface area contributed by atoms with Crippen molar-refractivity contribution in [2.24, 2.45) is 5.73 Å². The maximum absolute atomic E-state index is 13.1. The molecule has 0 saturated carbocycles. The standard InChI is InChI=1S/C11H12F2N2O4S/c12-8-2-1-7(5-9(8)13)20(18,19)15-4-3-11(14,6-15)10(16)17/h1-2,5H,3-4,6,14H2,(H,16,17). The second-order valence-electron chi connectivity index (χ2n) is 4.63. The van der Waals surface area contributed by atoms with Crippen molar-refractivity contribution < 1.29 is 27.1 Å². The van der Waals surface area contributed by atoms with E-state index >= 15 is 0 Å². The topological polar surface area (TPSA) is 101 Å². The summed E-state index contributed by atoms with van der Waals surface area (Å²) in [6, 6.07) is 2.18. The predicted octanol–water partition coefficient (Wildman–Crippen LogP) is 0.141. The number of rotatable bonds is 3. The first-order valence-corrected chi connectivity index (χ1v) is 7.08. The highest BCUT2D eigenvalue weighted by atomic mass is 32.2. The van der Waals surface area contributed by atoms with Crippen LogP contribution >= 0.6 is 0 Å². The molecule has 1 heterocycles. The largest absolute Gasteiger partial charge is 0.480 e. The average molecular weight is 306 g/mol. The summed E-state index contributed by atoms with van der Waals surface area (Å²) in [5, 5.41) is 8.95. The summed E-state index contributed by atoms with van der Waals surface area (Å²) >= 11 is 0. The van der Waals surface area contributed by atoms with Crippen molar-refractivity contribution in [3.05, 3.63) is 29.8 Å². The molecule has 0 aliphatic carbocycles. The Morgan fingerprint density at radius 1 is 1.35 bits per heavy atom. The van der Waals surface area contributed by atoms with E-state index in [2.05, 4.69) is 0 Å². The van der Waals surface area contributed by atoms with E-state index in [0.717, 1.165) is 10.4 Å². The van der Waals surface area contributed by atoms with Crippen LogP contribution in [0.1, 0.15) is 6.42 Å². The molecule has 9 heteroatoms. The van der Waals surface area contributed by atoms with E-state index in [4.69, 9.17) is 10.8 Å². The highest BCUT2D eigenvalue weighted by Gasteiger charge is 2.45. The summed E-state index contributed by atoms with van der Waals surface area (Å²) in [5.74, 6) is -3.76. The smallest absolute Gasteiger partial charge is 0.325 e. The third kappa shape index (κ3) is 2.39. The Kier molecular flexibility index (Phi) is 3.53. The van der Waals surface area contributed by atoms with E-state index in [1.165, 1.54) is 0 Å². The van der Waals surface area contributed by atoms with E-state index < -0.39 is 44.6 Å². The molecule has 1 aromatic carbocycles. The molecular weight excluding hydrogens is 294 g/mol. The molecule has 0 amide bonds. The van der Waals surface area contributed by atoms with Crippen molar-refractivity contribution in [3.63, 3.8) is 0 Å². The van der Waals surface area contributed by atoms with Crippen LogP contribution in [0.25, 0.3) is 0 Å². The zero-order valence-corrected chi connectivity index (χ0v) is 11.0. The summed E-state index contributed by atoms with van der Waals surface area (Å²) < 4.78 is 51.2. The van der Waals surface area contributed by atoms with Gasteiger partial charge >= 0.3 is 5.97 Å². The number of carbonyl (C=O) groups is 1. The van der Waals surface area contributed by atoms with Crippen molar-refractivity contribution in [1.82, 2.24) is 4.31 Å². The Morgan fingerprint density at radius 2 is 2.00 bits per heavy atom. The van der Waals surface area contributed by atoms with Gasteiger partial charge in [0, 0.05) is 13.1 Å². The molecular formula is C11H12F2N2O4S. The molecule has 20 heavy (non-hydrogen) atoms. The second kappa shape index (κ2) is 4.76. The quantitative estimate of drug-likeness (QED) is 0.827. The fourth-order valence-electron chi connectivity index (χ4n) is 1.96. The fraction of sp³-hybridized carbons (Fsp3) is 0.364. The Labute approximate surface area is 113 Å². The molecule has 1 aromatic rings.